The predicted molar refractivity (Wildman–Crippen MR) is 160 cm³/mol. The van der Waals surface area contributed by atoms with Gasteiger partial charge in [0.2, 0.25) is 0 Å². The molecule has 0 N–H and O–H groups in total. The standard InChI is InChI=1S/C36H24N2/c1-3-11-24(12-4-1)31-22-28(23-32(37-31)25-13-5-2-6-14-25)38-33-20-8-7-18-29(33)36-30-19-10-16-26-15-9-17-27(35(26)30)21-34(36)38/h1-18,20-23H,19H2. The van der Waals surface area contributed by atoms with Gasteiger partial charge in [-0.15, -0.1) is 0 Å². The van der Waals surface area contributed by atoms with Crippen molar-refractivity contribution in [3.63, 3.8) is 0 Å². The molecule has 2 aromatic heterocycles. The molecule has 0 unspecified atom stereocenters. The summed E-state index contributed by atoms with van der Waals surface area (Å²) in [5, 5.41) is 5.32. The quantitative estimate of drug-likeness (QED) is 0.244. The Bertz CT molecular complexity index is 1970. The van der Waals surface area contributed by atoms with E-state index in [1.54, 1.807) is 0 Å². The summed E-state index contributed by atoms with van der Waals surface area (Å²) in [5.41, 5.74) is 10.5. The number of aromatic nitrogens is 2. The fraction of sp³-hybridized carbons (Fsp3) is 0.0278. The third-order valence-electron chi connectivity index (χ3n) is 7.76. The maximum Gasteiger partial charge on any atom is 0.0730 e. The van der Waals surface area contributed by atoms with Crippen LogP contribution in [0.1, 0.15) is 11.1 Å². The Morgan fingerprint density at radius 1 is 0.579 bits per heavy atom. The van der Waals surface area contributed by atoms with Crippen LogP contribution in [0.2, 0.25) is 0 Å². The molecule has 1 aliphatic carbocycles. The van der Waals surface area contributed by atoms with E-state index in [9.17, 15) is 0 Å². The first-order valence-corrected chi connectivity index (χ1v) is 13.1. The minimum absolute atomic E-state index is 0.944. The largest absolute Gasteiger partial charge is 0.309 e. The maximum absolute atomic E-state index is 5.13. The van der Waals surface area contributed by atoms with Crippen LogP contribution < -0.4 is 0 Å². The number of pyridine rings is 1. The van der Waals surface area contributed by atoms with Crippen molar-refractivity contribution in [3.8, 4) is 28.2 Å². The van der Waals surface area contributed by atoms with Crippen molar-refractivity contribution < 1.29 is 0 Å². The van der Waals surface area contributed by atoms with Crippen molar-refractivity contribution in [2.45, 2.75) is 6.42 Å². The van der Waals surface area contributed by atoms with E-state index in [1.807, 2.05) is 0 Å². The lowest BCUT2D eigenvalue weighted by molar-refractivity contribution is 1.16. The molecule has 0 saturated carbocycles. The topological polar surface area (TPSA) is 17.8 Å². The fourth-order valence-electron chi connectivity index (χ4n) is 6.13. The highest BCUT2D eigenvalue weighted by Gasteiger charge is 2.20. The van der Waals surface area contributed by atoms with Crippen LogP contribution in [-0.4, -0.2) is 9.55 Å². The molecule has 8 rings (SSSR count). The SMILES string of the molecule is C1=Cc2cccc3cc4c(c(c23)C1)c1ccccc1n4-c1cc(-c2ccccc2)nc(-c2ccccc2)c1. The predicted octanol–water partition coefficient (Wildman–Crippen LogP) is 9.24. The molecule has 0 amide bonds. The number of nitrogens with zero attached hydrogens (tertiary/aromatic N) is 2. The van der Waals surface area contributed by atoms with E-state index in [-0.39, 0.29) is 0 Å². The second-order valence-electron chi connectivity index (χ2n) is 9.98. The van der Waals surface area contributed by atoms with Crippen molar-refractivity contribution >= 4 is 38.7 Å². The summed E-state index contributed by atoms with van der Waals surface area (Å²) in [6, 6.07) is 43.3. The van der Waals surface area contributed by atoms with E-state index < -0.39 is 0 Å². The molecule has 0 bridgehead atoms. The fourth-order valence-corrected chi connectivity index (χ4v) is 6.13. The Morgan fingerprint density at radius 3 is 2.00 bits per heavy atom. The van der Waals surface area contributed by atoms with Gasteiger partial charge in [-0.25, -0.2) is 4.98 Å². The van der Waals surface area contributed by atoms with Gasteiger partial charge < -0.3 is 4.57 Å². The van der Waals surface area contributed by atoms with Crippen LogP contribution in [0.15, 0.2) is 127 Å². The Hall–Kier alpha value is -4.95. The number of allylic oxidation sites excluding steroid dienone is 1. The highest BCUT2D eigenvalue weighted by molar-refractivity contribution is 6.17. The van der Waals surface area contributed by atoms with Crippen LogP contribution in [0.25, 0.3) is 66.9 Å². The van der Waals surface area contributed by atoms with Crippen molar-refractivity contribution in [2.75, 3.05) is 0 Å². The molecule has 2 heterocycles. The Balaban J connectivity index is 1.51. The van der Waals surface area contributed by atoms with Crippen LogP contribution in [0.3, 0.4) is 0 Å². The van der Waals surface area contributed by atoms with E-state index in [4.69, 9.17) is 4.98 Å². The van der Waals surface area contributed by atoms with Gasteiger partial charge in [0.05, 0.1) is 28.1 Å². The molecule has 5 aromatic carbocycles. The first-order valence-electron chi connectivity index (χ1n) is 13.1. The average Bonchev–Trinajstić information content (AvgIpc) is 3.32. The highest BCUT2D eigenvalue weighted by atomic mass is 15.0. The number of fused-ring (bicyclic) bond motifs is 4. The van der Waals surface area contributed by atoms with E-state index in [2.05, 4.69) is 138 Å². The van der Waals surface area contributed by atoms with E-state index >= 15 is 0 Å². The first-order chi connectivity index (χ1) is 18.8. The summed E-state index contributed by atoms with van der Waals surface area (Å²) < 4.78 is 2.44. The third-order valence-corrected chi connectivity index (χ3v) is 7.76. The van der Waals surface area contributed by atoms with Gasteiger partial charge in [0, 0.05) is 21.9 Å². The smallest absolute Gasteiger partial charge is 0.0730 e. The Labute approximate surface area is 221 Å². The van der Waals surface area contributed by atoms with Crippen molar-refractivity contribution in [2.24, 2.45) is 0 Å². The molecule has 0 spiro atoms. The molecule has 0 radical (unpaired) electrons. The van der Waals surface area contributed by atoms with Crippen molar-refractivity contribution in [3.05, 3.63) is 139 Å². The van der Waals surface area contributed by atoms with Gasteiger partial charge in [-0.05, 0) is 52.6 Å². The van der Waals surface area contributed by atoms with Gasteiger partial charge in [0.1, 0.15) is 0 Å². The van der Waals surface area contributed by atoms with Crippen LogP contribution in [-0.2, 0) is 6.42 Å². The lowest BCUT2D eigenvalue weighted by Crippen LogP contribution is -1.99. The Kier molecular flexibility index (Phi) is 4.62. The zero-order valence-corrected chi connectivity index (χ0v) is 20.8. The molecule has 1 aliphatic rings. The molecule has 178 valence electrons. The molecular weight excluding hydrogens is 460 g/mol. The summed E-state index contributed by atoms with van der Waals surface area (Å²) in [6.45, 7) is 0. The summed E-state index contributed by atoms with van der Waals surface area (Å²) in [4.78, 5) is 5.13. The maximum atomic E-state index is 5.13. The molecule has 0 aliphatic heterocycles. The number of hydrogen-bond acceptors (Lipinski definition) is 1. The zero-order valence-electron chi connectivity index (χ0n) is 20.8. The second-order valence-corrected chi connectivity index (χ2v) is 9.98. The van der Waals surface area contributed by atoms with Crippen LogP contribution >= 0.6 is 0 Å². The van der Waals surface area contributed by atoms with E-state index in [0.717, 1.165) is 34.6 Å². The average molecular weight is 485 g/mol. The highest BCUT2D eigenvalue weighted by Crippen LogP contribution is 2.41. The molecule has 2 heteroatoms. The minimum Gasteiger partial charge on any atom is -0.309 e. The summed E-state index contributed by atoms with van der Waals surface area (Å²) >= 11 is 0. The number of rotatable bonds is 3. The minimum atomic E-state index is 0.944. The first kappa shape index (κ1) is 21.2. The monoisotopic (exact) mass is 484 g/mol. The van der Waals surface area contributed by atoms with Gasteiger partial charge in [-0.3, -0.25) is 0 Å². The number of benzene rings is 5. The Morgan fingerprint density at radius 2 is 1.26 bits per heavy atom. The van der Waals surface area contributed by atoms with Gasteiger partial charge >= 0.3 is 0 Å². The van der Waals surface area contributed by atoms with Gasteiger partial charge in [-0.1, -0.05) is 109 Å². The molecule has 38 heavy (non-hydrogen) atoms. The zero-order chi connectivity index (χ0) is 25.1. The lowest BCUT2D eigenvalue weighted by Gasteiger charge is -2.16. The van der Waals surface area contributed by atoms with Gasteiger partial charge in [0.15, 0.2) is 0 Å². The normalized spacial score (nSPS) is 12.5. The molecule has 7 aromatic rings. The lowest BCUT2D eigenvalue weighted by atomic mass is 9.90. The molecule has 0 atom stereocenters. The van der Waals surface area contributed by atoms with Crippen molar-refractivity contribution in [1.82, 2.24) is 9.55 Å². The van der Waals surface area contributed by atoms with E-state index in [0.29, 0.717) is 0 Å². The van der Waals surface area contributed by atoms with Crippen molar-refractivity contribution in [1.29, 1.82) is 0 Å². The second kappa shape index (κ2) is 8.29. The number of para-hydroxylation sites is 1. The molecule has 0 saturated heterocycles. The van der Waals surface area contributed by atoms with Gasteiger partial charge in [0.25, 0.3) is 0 Å². The van der Waals surface area contributed by atoms with Crippen LogP contribution in [0, 0.1) is 0 Å². The number of hydrogen-bond donors (Lipinski definition) is 0. The van der Waals surface area contributed by atoms with Gasteiger partial charge in [-0.2, -0.15) is 0 Å². The van der Waals surface area contributed by atoms with Crippen LogP contribution in [0.4, 0.5) is 0 Å². The molecular formula is C36H24N2. The third kappa shape index (κ3) is 3.17. The summed E-state index contributed by atoms with van der Waals surface area (Å²) in [6.07, 6.45) is 5.51. The molecule has 0 fully saturated rings. The van der Waals surface area contributed by atoms with Crippen LogP contribution in [0.5, 0.6) is 0 Å². The summed E-state index contributed by atoms with van der Waals surface area (Å²) in [7, 11) is 0. The molecule has 2 nitrogen and oxygen atoms in total. The summed E-state index contributed by atoms with van der Waals surface area (Å²) in [5.74, 6) is 0. The van der Waals surface area contributed by atoms with E-state index in [1.165, 1.54) is 43.7 Å².